The van der Waals surface area contributed by atoms with Gasteiger partial charge in [-0.3, -0.25) is 9.59 Å². The van der Waals surface area contributed by atoms with Gasteiger partial charge in [0.05, 0.1) is 4.90 Å². The van der Waals surface area contributed by atoms with E-state index in [1.807, 2.05) is 23.1 Å². The molecule has 0 spiro atoms. The second kappa shape index (κ2) is 11.1. The largest absolute Gasteiger partial charge is 0.339 e. The molecule has 2 aliphatic rings. The van der Waals surface area contributed by atoms with Crippen molar-refractivity contribution in [2.75, 3.05) is 32.7 Å². The molecule has 2 amide bonds. The van der Waals surface area contributed by atoms with Crippen LogP contribution in [0.4, 0.5) is 0 Å². The first-order valence-corrected chi connectivity index (χ1v) is 13.6. The second-order valence-electron chi connectivity index (χ2n) is 8.99. The van der Waals surface area contributed by atoms with Crippen molar-refractivity contribution in [3.8, 4) is 0 Å². The molecule has 8 heteroatoms. The van der Waals surface area contributed by atoms with Gasteiger partial charge in [-0.25, -0.2) is 8.42 Å². The summed E-state index contributed by atoms with van der Waals surface area (Å²) in [6, 6.07) is 17.8. The summed E-state index contributed by atoms with van der Waals surface area (Å²) < 4.78 is 27.8. The predicted molar refractivity (Wildman–Crippen MR) is 131 cm³/mol. The van der Waals surface area contributed by atoms with Crippen LogP contribution < -0.4 is 0 Å². The molecular weight excluding hydrogens is 450 g/mol. The summed E-state index contributed by atoms with van der Waals surface area (Å²) >= 11 is 0. The molecule has 2 aliphatic heterocycles. The van der Waals surface area contributed by atoms with E-state index >= 15 is 0 Å². The van der Waals surface area contributed by atoms with E-state index in [-0.39, 0.29) is 16.7 Å². The summed E-state index contributed by atoms with van der Waals surface area (Å²) in [7, 11) is -3.73. The number of carbonyl (C=O) groups excluding carboxylic acids is 2. The number of hydrogen-bond acceptors (Lipinski definition) is 4. The Labute approximate surface area is 202 Å². The highest BCUT2D eigenvalue weighted by Crippen LogP contribution is 2.27. The van der Waals surface area contributed by atoms with Crippen LogP contribution in [0.2, 0.25) is 0 Å². The highest BCUT2D eigenvalue weighted by molar-refractivity contribution is 7.89. The molecule has 2 fully saturated rings. The molecule has 1 atom stereocenters. The van der Waals surface area contributed by atoms with E-state index in [2.05, 4.69) is 12.1 Å². The van der Waals surface area contributed by atoms with Crippen molar-refractivity contribution in [3.05, 3.63) is 66.2 Å². The number of aryl methyl sites for hydroxylation is 1. The van der Waals surface area contributed by atoms with Crippen LogP contribution in [-0.2, 0) is 26.0 Å². The topological polar surface area (TPSA) is 78.0 Å². The van der Waals surface area contributed by atoms with E-state index in [0.717, 1.165) is 25.7 Å². The van der Waals surface area contributed by atoms with Gasteiger partial charge in [0.15, 0.2) is 0 Å². The summed E-state index contributed by atoms with van der Waals surface area (Å²) in [6.45, 7) is 2.23. The number of amides is 2. The fourth-order valence-corrected chi connectivity index (χ4v) is 6.47. The highest BCUT2D eigenvalue weighted by atomic mass is 32.2. The fourth-order valence-electron chi connectivity index (χ4n) is 4.80. The summed E-state index contributed by atoms with van der Waals surface area (Å²) in [4.78, 5) is 29.8. The van der Waals surface area contributed by atoms with Crippen molar-refractivity contribution < 1.29 is 18.0 Å². The number of nitrogens with zero attached hydrogens (tertiary/aromatic N) is 3. The van der Waals surface area contributed by atoms with Gasteiger partial charge in [-0.2, -0.15) is 4.31 Å². The molecule has 0 N–H and O–H groups in total. The van der Waals surface area contributed by atoms with Crippen molar-refractivity contribution in [2.24, 2.45) is 0 Å². The Morgan fingerprint density at radius 2 is 1.41 bits per heavy atom. The maximum absolute atomic E-state index is 13.4. The zero-order valence-corrected chi connectivity index (χ0v) is 20.3. The Morgan fingerprint density at radius 1 is 0.794 bits per heavy atom. The van der Waals surface area contributed by atoms with E-state index in [1.54, 1.807) is 35.2 Å². The maximum Gasteiger partial charge on any atom is 0.243 e. The Balaban J connectivity index is 1.31. The van der Waals surface area contributed by atoms with Crippen molar-refractivity contribution in [1.82, 2.24) is 14.1 Å². The van der Waals surface area contributed by atoms with Gasteiger partial charge in [0.2, 0.25) is 21.8 Å². The summed E-state index contributed by atoms with van der Waals surface area (Å²) in [5, 5.41) is 0. The lowest BCUT2D eigenvalue weighted by Crippen LogP contribution is -2.57. The van der Waals surface area contributed by atoms with Gasteiger partial charge in [0.25, 0.3) is 0 Å². The number of carbonyl (C=O) groups is 2. The van der Waals surface area contributed by atoms with E-state index in [4.69, 9.17) is 0 Å². The molecule has 0 bridgehead atoms. The number of piperazine rings is 1. The van der Waals surface area contributed by atoms with Gasteiger partial charge in [0, 0.05) is 39.1 Å². The molecule has 2 aromatic rings. The molecule has 2 aromatic carbocycles. The molecule has 0 aliphatic carbocycles. The van der Waals surface area contributed by atoms with E-state index in [9.17, 15) is 18.0 Å². The minimum Gasteiger partial charge on any atom is -0.339 e. The smallest absolute Gasteiger partial charge is 0.243 e. The van der Waals surface area contributed by atoms with E-state index in [0.29, 0.717) is 45.6 Å². The Morgan fingerprint density at radius 3 is 2.09 bits per heavy atom. The third-order valence-electron chi connectivity index (χ3n) is 6.73. The van der Waals surface area contributed by atoms with Gasteiger partial charge in [-0.15, -0.1) is 0 Å². The average molecular weight is 484 g/mol. The van der Waals surface area contributed by atoms with Crippen LogP contribution in [0.5, 0.6) is 0 Å². The van der Waals surface area contributed by atoms with Crippen molar-refractivity contribution in [1.29, 1.82) is 0 Å². The first kappa shape index (κ1) is 24.4. The molecule has 4 rings (SSSR count). The molecular formula is C26H33N3O4S. The first-order valence-electron chi connectivity index (χ1n) is 12.1. The third-order valence-corrected chi connectivity index (χ3v) is 8.65. The van der Waals surface area contributed by atoms with Crippen LogP contribution in [0.15, 0.2) is 65.6 Å². The molecule has 0 saturated carbocycles. The lowest BCUT2D eigenvalue weighted by molar-refractivity contribution is -0.142. The lowest BCUT2D eigenvalue weighted by Gasteiger charge is -2.40. The van der Waals surface area contributed by atoms with Gasteiger partial charge >= 0.3 is 0 Å². The zero-order chi connectivity index (χ0) is 24.0. The van der Waals surface area contributed by atoms with Crippen LogP contribution in [0.1, 0.15) is 37.7 Å². The molecule has 34 heavy (non-hydrogen) atoms. The summed E-state index contributed by atoms with van der Waals surface area (Å²) in [6.07, 6.45) is 4.28. The van der Waals surface area contributed by atoms with Gasteiger partial charge < -0.3 is 9.80 Å². The molecule has 1 unspecified atom stereocenters. The van der Waals surface area contributed by atoms with Crippen LogP contribution in [0.25, 0.3) is 0 Å². The normalized spacial score (nSPS) is 19.7. The van der Waals surface area contributed by atoms with Crippen LogP contribution in [-0.4, -0.2) is 73.1 Å². The summed E-state index contributed by atoms with van der Waals surface area (Å²) in [5.74, 6) is -0.0237. The first-order chi connectivity index (χ1) is 16.5. The number of piperidine rings is 1. The van der Waals surface area contributed by atoms with Crippen LogP contribution >= 0.6 is 0 Å². The van der Waals surface area contributed by atoms with E-state index in [1.165, 1.54) is 9.87 Å². The molecule has 7 nitrogen and oxygen atoms in total. The molecule has 0 aromatic heterocycles. The third kappa shape index (κ3) is 5.67. The van der Waals surface area contributed by atoms with Gasteiger partial charge in [0.1, 0.15) is 6.04 Å². The minimum absolute atomic E-state index is 0.119. The SMILES string of the molecule is O=C(CCCc1ccccc1)N1CCN(C(=O)C2CCCCN2S(=O)(=O)c2ccccc2)CC1. The monoisotopic (exact) mass is 483 g/mol. The highest BCUT2D eigenvalue weighted by Gasteiger charge is 2.40. The van der Waals surface area contributed by atoms with Crippen molar-refractivity contribution in [2.45, 2.75) is 49.5 Å². The molecule has 2 heterocycles. The molecule has 182 valence electrons. The Kier molecular flexibility index (Phi) is 8.00. The van der Waals surface area contributed by atoms with Crippen molar-refractivity contribution in [3.63, 3.8) is 0 Å². The molecule has 2 saturated heterocycles. The average Bonchev–Trinajstić information content (AvgIpc) is 2.89. The summed E-state index contributed by atoms with van der Waals surface area (Å²) in [5.41, 5.74) is 1.23. The fraction of sp³-hybridized carbons (Fsp3) is 0.462. The van der Waals surface area contributed by atoms with Crippen LogP contribution in [0.3, 0.4) is 0 Å². The second-order valence-corrected chi connectivity index (χ2v) is 10.9. The Bertz CT molecular complexity index is 1070. The minimum atomic E-state index is -3.73. The number of rotatable bonds is 7. The standard InChI is InChI=1S/C26H33N3O4S/c30-25(16-9-12-22-10-3-1-4-11-22)27-18-20-28(21-19-27)26(31)24-15-7-8-17-29(24)34(32,33)23-13-5-2-6-14-23/h1-6,10-11,13-14,24H,7-9,12,15-21H2. The number of hydrogen-bond donors (Lipinski definition) is 0. The predicted octanol–water partition coefficient (Wildman–Crippen LogP) is 2.92. The maximum atomic E-state index is 13.4. The van der Waals surface area contributed by atoms with Crippen molar-refractivity contribution >= 4 is 21.8 Å². The Hall–Kier alpha value is -2.71. The van der Waals surface area contributed by atoms with Gasteiger partial charge in [-0.05, 0) is 43.4 Å². The zero-order valence-electron chi connectivity index (χ0n) is 19.5. The number of sulfonamides is 1. The lowest BCUT2D eigenvalue weighted by atomic mass is 10.0. The molecule has 0 radical (unpaired) electrons. The van der Waals surface area contributed by atoms with Gasteiger partial charge in [-0.1, -0.05) is 55.0 Å². The van der Waals surface area contributed by atoms with Crippen LogP contribution in [0, 0.1) is 0 Å². The van der Waals surface area contributed by atoms with E-state index < -0.39 is 16.1 Å². The number of benzene rings is 2. The quantitative estimate of drug-likeness (QED) is 0.607.